The van der Waals surface area contributed by atoms with Crippen molar-refractivity contribution < 1.29 is 28.6 Å². The highest BCUT2D eigenvalue weighted by atomic mass is 16.5. The first-order chi connectivity index (χ1) is 17.4. The predicted molar refractivity (Wildman–Crippen MR) is 136 cm³/mol. The number of carbonyl (C=O) groups is 2. The summed E-state index contributed by atoms with van der Waals surface area (Å²) in [4.78, 5) is 28.5. The molecule has 0 spiro atoms. The molecule has 7 heteroatoms. The minimum atomic E-state index is -0.875. The van der Waals surface area contributed by atoms with Crippen LogP contribution in [0.5, 0.6) is 11.5 Å². The minimum Gasteiger partial charge on any atom is -0.503 e. The van der Waals surface area contributed by atoms with Crippen molar-refractivity contribution in [3.8, 4) is 11.5 Å². The number of ether oxygens (including phenoxy) is 2. The van der Waals surface area contributed by atoms with Crippen molar-refractivity contribution in [2.75, 3.05) is 12.0 Å². The lowest BCUT2D eigenvalue weighted by Gasteiger charge is -2.27. The van der Waals surface area contributed by atoms with E-state index in [-0.39, 0.29) is 17.4 Å². The topological polar surface area (TPSA) is 89.2 Å². The number of ketones is 1. The van der Waals surface area contributed by atoms with Crippen LogP contribution in [0.1, 0.15) is 36.0 Å². The molecule has 0 saturated carbocycles. The number of fused-ring (bicyclic) bond motifs is 1. The molecule has 0 saturated heterocycles. The summed E-state index contributed by atoms with van der Waals surface area (Å²) in [6.45, 7) is 3.86. The van der Waals surface area contributed by atoms with E-state index in [0.29, 0.717) is 28.3 Å². The van der Waals surface area contributed by atoms with E-state index in [4.69, 9.17) is 13.9 Å². The monoisotopic (exact) mass is 483 g/mol. The Morgan fingerprint density at radius 3 is 2.28 bits per heavy atom. The lowest BCUT2D eigenvalue weighted by atomic mass is 9.94. The van der Waals surface area contributed by atoms with Gasteiger partial charge < -0.3 is 19.0 Å². The molecule has 36 heavy (non-hydrogen) atoms. The minimum absolute atomic E-state index is 0.00568. The Bertz CT molecular complexity index is 1430. The first-order valence-electron chi connectivity index (χ1n) is 11.6. The summed E-state index contributed by atoms with van der Waals surface area (Å²) in [6.07, 6.45) is -0.00568. The highest BCUT2D eigenvalue weighted by Crippen LogP contribution is 2.43. The van der Waals surface area contributed by atoms with E-state index >= 15 is 0 Å². The molecule has 182 valence electrons. The molecule has 2 heterocycles. The van der Waals surface area contributed by atoms with Gasteiger partial charge in [0.15, 0.2) is 11.5 Å². The number of hydrogen-bond acceptors (Lipinski definition) is 6. The van der Waals surface area contributed by atoms with E-state index in [1.807, 2.05) is 32.0 Å². The van der Waals surface area contributed by atoms with E-state index in [1.165, 1.54) is 4.90 Å². The number of aliphatic hydroxyl groups excluding tert-OH is 1. The van der Waals surface area contributed by atoms with Gasteiger partial charge in [-0.25, -0.2) is 0 Å². The molecule has 1 amide bonds. The van der Waals surface area contributed by atoms with E-state index in [9.17, 15) is 14.7 Å². The standard InChI is InChI=1S/C29H25NO6/c1-17(2)35-22-12-8-18(9-13-22)26-25(27(31)24-16-19-6-4-5-7-23(19)36-24)28(32)29(33)30(26)20-10-14-21(34-3)15-11-20/h4-17,26,32H,1-3H3. The smallest absolute Gasteiger partial charge is 0.294 e. The Morgan fingerprint density at radius 2 is 1.64 bits per heavy atom. The summed E-state index contributed by atoms with van der Waals surface area (Å²) in [7, 11) is 1.55. The fourth-order valence-electron chi connectivity index (χ4n) is 4.39. The molecule has 0 fully saturated rings. The number of nitrogens with zero attached hydrogens (tertiary/aromatic N) is 1. The zero-order valence-electron chi connectivity index (χ0n) is 20.1. The molecular formula is C29H25NO6. The first kappa shape index (κ1) is 23.2. The van der Waals surface area contributed by atoms with Gasteiger partial charge in [0.1, 0.15) is 17.1 Å². The summed E-state index contributed by atoms with van der Waals surface area (Å²) in [5.74, 6) is -0.510. The van der Waals surface area contributed by atoms with Crippen LogP contribution in [0.4, 0.5) is 5.69 Å². The van der Waals surface area contributed by atoms with Crippen molar-refractivity contribution in [2.24, 2.45) is 0 Å². The van der Waals surface area contributed by atoms with Gasteiger partial charge in [-0.05, 0) is 67.9 Å². The van der Waals surface area contributed by atoms with Gasteiger partial charge in [-0.2, -0.15) is 0 Å². The van der Waals surface area contributed by atoms with E-state index in [1.54, 1.807) is 67.8 Å². The maximum Gasteiger partial charge on any atom is 0.294 e. The number of amides is 1. The Morgan fingerprint density at radius 1 is 0.972 bits per heavy atom. The van der Waals surface area contributed by atoms with Gasteiger partial charge in [-0.15, -0.1) is 0 Å². The number of methoxy groups -OCH3 is 1. The van der Waals surface area contributed by atoms with Crippen molar-refractivity contribution in [3.05, 3.63) is 102 Å². The van der Waals surface area contributed by atoms with Crippen LogP contribution >= 0.6 is 0 Å². The number of benzene rings is 3. The Labute approximate surface area is 208 Å². The van der Waals surface area contributed by atoms with Gasteiger partial charge >= 0.3 is 0 Å². The molecule has 1 N–H and O–H groups in total. The molecule has 7 nitrogen and oxygen atoms in total. The third-order valence-electron chi connectivity index (χ3n) is 6.02. The quantitative estimate of drug-likeness (QED) is 0.324. The zero-order valence-corrected chi connectivity index (χ0v) is 20.1. The second-order valence-corrected chi connectivity index (χ2v) is 8.75. The second kappa shape index (κ2) is 9.26. The largest absolute Gasteiger partial charge is 0.503 e. The second-order valence-electron chi connectivity index (χ2n) is 8.75. The third-order valence-corrected chi connectivity index (χ3v) is 6.02. The van der Waals surface area contributed by atoms with Crippen LogP contribution in [-0.4, -0.2) is 30.0 Å². The summed E-state index contributed by atoms with van der Waals surface area (Å²) in [5.41, 5.74) is 1.64. The number of rotatable bonds is 7. The van der Waals surface area contributed by atoms with Crippen LogP contribution < -0.4 is 14.4 Å². The van der Waals surface area contributed by atoms with Crippen LogP contribution in [-0.2, 0) is 4.79 Å². The number of Topliss-reactive ketones (excluding diaryl/α,β-unsaturated/α-hetero) is 1. The molecule has 3 aromatic carbocycles. The molecule has 1 unspecified atom stereocenters. The highest BCUT2D eigenvalue weighted by molar-refractivity contribution is 6.20. The summed E-state index contributed by atoms with van der Waals surface area (Å²) >= 11 is 0. The summed E-state index contributed by atoms with van der Waals surface area (Å²) < 4.78 is 16.8. The number of furan rings is 1. The van der Waals surface area contributed by atoms with Gasteiger partial charge in [0.2, 0.25) is 5.78 Å². The van der Waals surface area contributed by atoms with Crippen LogP contribution in [0, 0.1) is 0 Å². The van der Waals surface area contributed by atoms with Gasteiger partial charge in [-0.1, -0.05) is 30.3 Å². The maximum absolute atomic E-state index is 13.7. The normalized spacial score (nSPS) is 15.7. The number of hydrogen-bond donors (Lipinski definition) is 1. The molecule has 1 atom stereocenters. The molecule has 5 rings (SSSR count). The predicted octanol–water partition coefficient (Wildman–Crippen LogP) is 6.01. The number of carbonyl (C=O) groups excluding carboxylic acids is 2. The number of aliphatic hydroxyl groups is 1. The van der Waals surface area contributed by atoms with Crippen molar-refractivity contribution in [1.82, 2.24) is 0 Å². The molecule has 0 bridgehead atoms. The van der Waals surface area contributed by atoms with Gasteiger partial charge in [0.25, 0.3) is 5.91 Å². The van der Waals surface area contributed by atoms with Crippen molar-refractivity contribution in [2.45, 2.75) is 26.0 Å². The third kappa shape index (κ3) is 4.09. The molecule has 0 aliphatic carbocycles. The average molecular weight is 484 g/mol. The average Bonchev–Trinajstić information content (AvgIpc) is 3.43. The highest BCUT2D eigenvalue weighted by Gasteiger charge is 2.45. The van der Waals surface area contributed by atoms with E-state index < -0.39 is 23.5 Å². The molecule has 4 aromatic rings. The zero-order chi connectivity index (χ0) is 25.4. The fraction of sp³-hybridized carbons (Fsp3) is 0.172. The van der Waals surface area contributed by atoms with Crippen LogP contribution in [0.25, 0.3) is 11.0 Å². The van der Waals surface area contributed by atoms with Crippen molar-refractivity contribution >= 4 is 28.3 Å². The Hall–Kier alpha value is -4.52. The molecular weight excluding hydrogens is 458 g/mol. The molecule has 1 aliphatic heterocycles. The Kier molecular flexibility index (Phi) is 5.98. The van der Waals surface area contributed by atoms with Crippen LogP contribution in [0.15, 0.2) is 94.6 Å². The Balaban J connectivity index is 1.61. The molecule has 1 aliphatic rings. The van der Waals surface area contributed by atoms with E-state index in [0.717, 1.165) is 5.39 Å². The van der Waals surface area contributed by atoms with Crippen LogP contribution in [0.2, 0.25) is 0 Å². The SMILES string of the molecule is COc1ccc(N2C(=O)C(O)=C(C(=O)c3cc4ccccc4o3)C2c2ccc(OC(C)C)cc2)cc1. The van der Waals surface area contributed by atoms with Crippen molar-refractivity contribution in [1.29, 1.82) is 0 Å². The van der Waals surface area contributed by atoms with E-state index in [2.05, 4.69) is 0 Å². The number of anilines is 1. The van der Waals surface area contributed by atoms with Crippen LogP contribution in [0.3, 0.4) is 0 Å². The first-order valence-corrected chi connectivity index (χ1v) is 11.6. The molecule has 0 radical (unpaired) electrons. The maximum atomic E-state index is 13.7. The fourth-order valence-corrected chi connectivity index (χ4v) is 4.39. The lowest BCUT2D eigenvalue weighted by molar-refractivity contribution is -0.117. The van der Waals surface area contributed by atoms with Gasteiger partial charge in [0.05, 0.1) is 24.8 Å². The molecule has 1 aromatic heterocycles. The van der Waals surface area contributed by atoms with Crippen molar-refractivity contribution in [3.63, 3.8) is 0 Å². The number of para-hydroxylation sites is 1. The lowest BCUT2D eigenvalue weighted by Crippen LogP contribution is -2.31. The summed E-state index contributed by atoms with van der Waals surface area (Å²) in [6, 6.07) is 22.0. The summed E-state index contributed by atoms with van der Waals surface area (Å²) in [5, 5.41) is 11.7. The van der Waals surface area contributed by atoms with Gasteiger partial charge in [0, 0.05) is 11.1 Å². The van der Waals surface area contributed by atoms with Gasteiger partial charge in [-0.3, -0.25) is 14.5 Å².